The highest BCUT2D eigenvalue weighted by Gasteiger charge is 2.12. The van der Waals surface area contributed by atoms with Gasteiger partial charge in [-0.2, -0.15) is 0 Å². The summed E-state index contributed by atoms with van der Waals surface area (Å²) in [6.07, 6.45) is 4.26. The second kappa shape index (κ2) is 4.33. The number of hydrogen-bond acceptors (Lipinski definition) is 3. The fourth-order valence-corrected chi connectivity index (χ4v) is 2.52. The van der Waals surface area contributed by atoms with Gasteiger partial charge in [0.2, 0.25) is 0 Å². The van der Waals surface area contributed by atoms with E-state index in [1.54, 1.807) is 0 Å². The lowest BCUT2D eigenvalue weighted by molar-refractivity contribution is 0.111. The van der Waals surface area contributed by atoms with Crippen molar-refractivity contribution in [1.29, 1.82) is 0 Å². The van der Waals surface area contributed by atoms with Crippen LogP contribution in [0, 0.1) is 6.92 Å². The van der Waals surface area contributed by atoms with Crippen molar-refractivity contribution in [1.82, 2.24) is 9.97 Å². The molecule has 0 radical (unpaired) electrons. The zero-order valence-corrected chi connectivity index (χ0v) is 10.3. The molecule has 1 aliphatic rings. The molecule has 0 saturated carbocycles. The molecule has 2 aromatic rings. The summed E-state index contributed by atoms with van der Waals surface area (Å²) in [4.78, 5) is 19.1. The van der Waals surface area contributed by atoms with Crippen LogP contribution >= 0.6 is 0 Å². The number of aryl methyl sites for hydroxylation is 3. The highest BCUT2D eigenvalue weighted by molar-refractivity contribution is 5.71. The lowest BCUT2D eigenvalue weighted by Crippen LogP contribution is -1.97. The molecular formula is C15H14N2O. The van der Waals surface area contributed by atoms with Crippen LogP contribution in [0.5, 0.6) is 0 Å². The minimum atomic E-state index is 0.255. The second-order valence-corrected chi connectivity index (χ2v) is 4.71. The standard InChI is InChI=1S/C15H14N2O/c1-10-7-14(17-15(9-18)16-10)13-6-5-11-3-2-4-12(11)8-13/h5-9H,2-4H2,1H3. The molecule has 1 heterocycles. The zero-order valence-electron chi connectivity index (χ0n) is 10.3. The van der Waals surface area contributed by atoms with Gasteiger partial charge in [0.05, 0.1) is 5.69 Å². The number of benzene rings is 1. The minimum absolute atomic E-state index is 0.255. The molecule has 1 aromatic carbocycles. The molecule has 0 amide bonds. The molecule has 1 aromatic heterocycles. The Labute approximate surface area is 106 Å². The summed E-state index contributed by atoms with van der Waals surface area (Å²) < 4.78 is 0. The van der Waals surface area contributed by atoms with Crippen molar-refractivity contribution in [2.45, 2.75) is 26.2 Å². The molecule has 1 aliphatic carbocycles. The van der Waals surface area contributed by atoms with E-state index >= 15 is 0 Å². The van der Waals surface area contributed by atoms with Gasteiger partial charge in [-0.15, -0.1) is 0 Å². The summed E-state index contributed by atoms with van der Waals surface area (Å²) >= 11 is 0. The number of carbonyl (C=O) groups is 1. The third kappa shape index (κ3) is 1.92. The maximum atomic E-state index is 10.8. The fourth-order valence-electron chi connectivity index (χ4n) is 2.52. The van der Waals surface area contributed by atoms with Crippen LogP contribution in [0.4, 0.5) is 0 Å². The molecular weight excluding hydrogens is 224 g/mol. The number of rotatable bonds is 2. The molecule has 90 valence electrons. The molecule has 0 fully saturated rings. The average molecular weight is 238 g/mol. The number of carbonyl (C=O) groups excluding carboxylic acids is 1. The summed E-state index contributed by atoms with van der Waals surface area (Å²) in [5.41, 5.74) is 5.59. The summed E-state index contributed by atoms with van der Waals surface area (Å²) in [6, 6.07) is 8.37. The molecule has 0 aliphatic heterocycles. The first-order valence-electron chi connectivity index (χ1n) is 6.19. The number of aromatic nitrogens is 2. The fraction of sp³-hybridized carbons (Fsp3) is 0.267. The molecule has 0 atom stereocenters. The van der Waals surface area contributed by atoms with Crippen LogP contribution in [0.1, 0.15) is 33.9 Å². The van der Waals surface area contributed by atoms with Crippen LogP contribution in [-0.4, -0.2) is 16.3 Å². The second-order valence-electron chi connectivity index (χ2n) is 4.71. The van der Waals surface area contributed by atoms with Crippen LogP contribution < -0.4 is 0 Å². The third-order valence-corrected chi connectivity index (χ3v) is 3.37. The molecule has 0 bridgehead atoms. The van der Waals surface area contributed by atoms with E-state index in [2.05, 4.69) is 28.2 Å². The van der Waals surface area contributed by atoms with Gasteiger partial charge >= 0.3 is 0 Å². The molecule has 3 heteroatoms. The van der Waals surface area contributed by atoms with Gasteiger partial charge in [0.25, 0.3) is 0 Å². The highest BCUT2D eigenvalue weighted by Crippen LogP contribution is 2.27. The van der Waals surface area contributed by atoms with Crippen molar-refractivity contribution in [2.24, 2.45) is 0 Å². The Kier molecular flexibility index (Phi) is 2.67. The van der Waals surface area contributed by atoms with E-state index in [1.807, 2.05) is 13.0 Å². The Hall–Kier alpha value is -2.03. The van der Waals surface area contributed by atoms with Crippen LogP contribution in [0.2, 0.25) is 0 Å². The van der Waals surface area contributed by atoms with Gasteiger partial charge in [-0.25, -0.2) is 9.97 Å². The van der Waals surface area contributed by atoms with Gasteiger partial charge < -0.3 is 0 Å². The van der Waals surface area contributed by atoms with Crippen LogP contribution in [0.25, 0.3) is 11.3 Å². The molecule has 0 unspecified atom stereocenters. The van der Waals surface area contributed by atoms with Crippen molar-refractivity contribution >= 4 is 6.29 Å². The van der Waals surface area contributed by atoms with Gasteiger partial charge in [-0.1, -0.05) is 12.1 Å². The van der Waals surface area contributed by atoms with Crippen LogP contribution in [-0.2, 0) is 12.8 Å². The molecule has 18 heavy (non-hydrogen) atoms. The van der Waals surface area contributed by atoms with Crippen LogP contribution in [0.15, 0.2) is 24.3 Å². The number of hydrogen-bond donors (Lipinski definition) is 0. The monoisotopic (exact) mass is 238 g/mol. The maximum absolute atomic E-state index is 10.8. The predicted octanol–water partition coefficient (Wildman–Crippen LogP) is 2.75. The largest absolute Gasteiger partial charge is 0.294 e. The van der Waals surface area contributed by atoms with E-state index in [0.717, 1.165) is 23.4 Å². The van der Waals surface area contributed by atoms with Gasteiger partial charge in [0, 0.05) is 11.3 Å². The Balaban J connectivity index is 2.09. The Morgan fingerprint density at radius 3 is 2.78 bits per heavy atom. The van der Waals surface area contributed by atoms with Crippen molar-refractivity contribution in [3.63, 3.8) is 0 Å². The van der Waals surface area contributed by atoms with E-state index in [1.165, 1.54) is 24.0 Å². The van der Waals surface area contributed by atoms with Crippen molar-refractivity contribution < 1.29 is 4.79 Å². The molecule has 3 nitrogen and oxygen atoms in total. The smallest absolute Gasteiger partial charge is 0.193 e. The van der Waals surface area contributed by atoms with E-state index in [9.17, 15) is 4.79 Å². The molecule has 3 rings (SSSR count). The van der Waals surface area contributed by atoms with E-state index in [0.29, 0.717) is 6.29 Å². The Morgan fingerprint density at radius 1 is 1.11 bits per heavy atom. The van der Waals surface area contributed by atoms with Crippen molar-refractivity contribution in [3.8, 4) is 11.3 Å². The maximum Gasteiger partial charge on any atom is 0.193 e. The summed E-state index contributed by atoms with van der Waals surface area (Å²) in [7, 11) is 0. The van der Waals surface area contributed by atoms with Gasteiger partial charge in [0.15, 0.2) is 12.1 Å². The topological polar surface area (TPSA) is 42.9 Å². The summed E-state index contributed by atoms with van der Waals surface area (Å²) in [5.74, 6) is 0.255. The summed E-state index contributed by atoms with van der Waals surface area (Å²) in [6.45, 7) is 1.88. The first kappa shape index (κ1) is 11.1. The lowest BCUT2D eigenvalue weighted by atomic mass is 10.0. The Morgan fingerprint density at radius 2 is 1.94 bits per heavy atom. The van der Waals surface area contributed by atoms with E-state index in [-0.39, 0.29) is 5.82 Å². The SMILES string of the molecule is Cc1cc(-c2ccc3c(c2)CCC3)nc(C=O)n1. The quantitative estimate of drug-likeness (QED) is 0.755. The van der Waals surface area contributed by atoms with Gasteiger partial charge in [-0.3, -0.25) is 4.79 Å². The van der Waals surface area contributed by atoms with Crippen LogP contribution in [0.3, 0.4) is 0 Å². The first-order chi connectivity index (χ1) is 8.76. The van der Waals surface area contributed by atoms with E-state index in [4.69, 9.17) is 0 Å². The van der Waals surface area contributed by atoms with Crippen molar-refractivity contribution in [3.05, 3.63) is 46.9 Å². The first-order valence-corrected chi connectivity index (χ1v) is 6.19. The average Bonchev–Trinajstić information content (AvgIpc) is 2.85. The number of fused-ring (bicyclic) bond motifs is 1. The highest BCUT2D eigenvalue weighted by atomic mass is 16.1. The zero-order chi connectivity index (χ0) is 12.5. The lowest BCUT2D eigenvalue weighted by Gasteiger charge is -2.06. The van der Waals surface area contributed by atoms with Gasteiger partial charge in [-0.05, 0) is 49.4 Å². The minimum Gasteiger partial charge on any atom is -0.294 e. The number of aldehydes is 1. The molecule has 0 N–H and O–H groups in total. The van der Waals surface area contributed by atoms with E-state index < -0.39 is 0 Å². The van der Waals surface area contributed by atoms with Crippen molar-refractivity contribution in [2.75, 3.05) is 0 Å². The Bertz CT molecular complexity index is 620. The van der Waals surface area contributed by atoms with Gasteiger partial charge in [0.1, 0.15) is 0 Å². The normalized spacial score (nSPS) is 13.4. The molecule has 0 spiro atoms. The summed E-state index contributed by atoms with van der Waals surface area (Å²) in [5, 5.41) is 0. The predicted molar refractivity (Wildman–Crippen MR) is 69.6 cm³/mol. The molecule has 0 saturated heterocycles. The number of nitrogens with zero attached hydrogens (tertiary/aromatic N) is 2. The third-order valence-electron chi connectivity index (χ3n) is 3.37.